The average molecular weight is 566 g/mol. The average Bonchev–Trinajstić information content (AvgIpc) is 2.89. The second kappa shape index (κ2) is 10.9. The van der Waals surface area contributed by atoms with Crippen LogP contribution in [0.1, 0.15) is 57.6 Å². The number of allylic oxidation sites excluding steroid dienone is 3. The fraction of sp³-hybridized carbons (Fsp3) is 0.379. The van der Waals surface area contributed by atoms with Crippen LogP contribution < -0.4 is 14.8 Å². The molecule has 1 N–H and O–H groups in total. The Kier molecular flexibility index (Phi) is 7.96. The summed E-state index contributed by atoms with van der Waals surface area (Å²) in [6.45, 7) is 6.73. The Balaban J connectivity index is 1.81. The fourth-order valence-electron chi connectivity index (χ4n) is 5.20. The third-order valence-electron chi connectivity index (χ3n) is 6.91. The Morgan fingerprint density at radius 1 is 1.02 bits per heavy atom. The van der Waals surface area contributed by atoms with E-state index >= 15 is 0 Å². The predicted molar refractivity (Wildman–Crippen MR) is 134 cm³/mol. The molecular weight excluding hydrogens is 537 g/mol. The molecule has 214 valence electrons. The number of ether oxygens (including phenoxy) is 3. The summed E-state index contributed by atoms with van der Waals surface area (Å²) < 4.78 is 85.0. The van der Waals surface area contributed by atoms with Gasteiger partial charge < -0.3 is 19.5 Å². The van der Waals surface area contributed by atoms with Crippen LogP contribution in [-0.4, -0.2) is 25.5 Å². The van der Waals surface area contributed by atoms with E-state index < -0.39 is 53.3 Å². The normalized spacial score (nSPS) is 18.4. The molecular formula is C29H28F5NO5. The van der Waals surface area contributed by atoms with E-state index in [2.05, 4.69) is 5.32 Å². The van der Waals surface area contributed by atoms with Gasteiger partial charge in [0.2, 0.25) is 29.1 Å². The van der Waals surface area contributed by atoms with Crippen molar-refractivity contribution in [2.75, 3.05) is 13.7 Å². The molecule has 1 aliphatic heterocycles. The van der Waals surface area contributed by atoms with Crippen LogP contribution in [0.5, 0.6) is 11.5 Å². The van der Waals surface area contributed by atoms with Gasteiger partial charge in [0.15, 0.2) is 11.5 Å². The first kappa shape index (κ1) is 29.1. The van der Waals surface area contributed by atoms with Gasteiger partial charge in [-0.25, -0.2) is 18.0 Å². The molecule has 0 saturated carbocycles. The molecule has 1 aliphatic carbocycles. The first-order chi connectivity index (χ1) is 18.8. The first-order valence-corrected chi connectivity index (χ1v) is 12.5. The lowest BCUT2D eigenvalue weighted by molar-refractivity contribution is -0.138. The summed E-state index contributed by atoms with van der Waals surface area (Å²) in [5, 5.41) is 3.21. The minimum absolute atomic E-state index is 0.0961. The van der Waals surface area contributed by atoms with Gasteiger partial charge in [-0.15, -0.1) is 0 Å². The van der Waals surface area contributed by atoms with Crippen LogP contribution in [0.3, 0.4) is 0 Å². The maximum absolute atomic E-state index is 14.2. The van der Waals surface area contributed by atoms with Gasteiger partial charge in [-0.1, -0.05) is 19.9 Å². The fourth-order valence-corrected chi connectivity index (χ4v) is 5.20. The molecule has 0 bridgehead atoms. The van der Waals surface area contributed by atoms with E-state index in [-0.39, 0.29) is 41.1 Å². The van der Waals surface area contributed by atoms with Crippen molar-refractivity contribution in [3.05, 3.63) is 81.0 Å². The summed E-state index contributed by atoms with van der Waals surface area (Å²) in [5.41, 5.74) is 2.09. The number of halogens is 5. The number of carbonyl (C=O) groups excluding carboxylic acids is 2. The molecule has 2 aromatic carbocycles. The lowest BCUT2D eigenvalue weighted by atomic mass is 9.68. The van der Waals surface area contributed by atoms with Crippen molar-refractivity contribution in [1.82, 2.24) is 5.32 Å². The summed E-state index contributed by atoms with van der Waals surface area (Å²) in [6.07, 6.45) is 0.788. The highest BCUT2D eigenvalue weighted by Gasteiger charge is 2.43. The van der Waals surface area contributed by atoms with E-state index in [4.69, 9.17) is 14.2 Å². The number of Topliss-reactive ketones (excluding diaryl/α,β-unsaturated/α-hetero) is 1. The van der Waals surface area contributed by atoms with Gasteiger partial charge in [-0.2, -0.15) is 8.78 Å². The molecule has 1 atom stereocenters. The topological polar surface area (TPSA) is 73.9 Å². The Morgan fingerprint density at radius 2 is 1.65 bits per heavy atom. The smallest absolute Gasteiger partial charge is 0.336 e. The molecule has 0 aromatic heterocycles. The van der Waals surface area contributed by atoms with Crippen LogP contribution in [0, 0.1) is 34.5 Å². The predicted octanol–water partition coefficient (Wildman–Crippen LogP) is 6.14. The molecule has 0 radical (unpaired) electrons. The molecule has 11 heteroatoms. The van der Waals surface area contributed by atoms with Crippen LogP contribution in [0.2, 0.25) is 0 Å². The molecule has 6 nitrogen and oxygen atoms in total. The number of dihydropyridines is 1. The van der Waals surface area contributed by atoms with Gasteiger partial charge in [-0.05, 0) is 43.4 Å². The number of nitrogens with one attached hydrogen (secondary N) is 1. The zero-order chi connectivity index (χ0) is 29.5. The molecule has 0 spiro atoms. The number of esters is 1. The lowest BCUT2D eigenvalue weighted by Crippen LogP contribution is -2.38. The van der Waals surface area contributed by atoms with Gasteiger partial charge in [0, 0.05) is 34.9 Å². The largest absolute Gasteiger partial charge is 0.496 e. The van der Waals surface area contributed by atoms with Gasteiger partial charge in [0.05, 0.1) is 19.3 Å². The van der Waals surface area contributed by atoms with Gasteiger partial charge >= 0.3 is 5.97 Å². The molecule has 2 aliphatic rings. The number of benzene rings is 2. The van der Waals surface area contributed by atoms with Crippen LogP contribution in [0.4, 0.5) is 22.0 Å². The number of methoxy groups -OCH3 is 1. The zero-order valence-corrected chi connectivity index (χ0v) is 22.6. The van der Waals surface area contributed by atoms with Crippen LogP contribution >= 0.6 is 0 Å². The SMILES string of the molecule is CCOC(=O)C1=C(C)NC2=C(C(=O)CC(C)(C)C2)C1c1ccc(OC)c(COc2c(F)c(F)c(F)c(F)c2F)c1. The summed E-state index contributed by atoms with van der Waals surface area (Å²) >= 11 is 0. The van der Waals surface area contributed by atoms with Crippen LogP contribution in [-0.2, 0) is 20.9 Å². The molecule has 1 unspecified atom stereocenters. The van der Waals surface area contributed by atoms with E-state index in [1.807, 2.05) is 13.8 Å². The highest BCUT2D eigenvalue weighted by Crippen LogP contribution is 2.47. The molecule has 0 amide bonds. The third-order valence-corrected chi connectivity index (χ3v) is 6.91. The molecule has 2 aromatic rings. The summed E-state index contributed by atoms with van der Waals surface area (Å²) in [6, 6.07) is 4.63. The second-order valence-electron chi connectivity index (χ2n) is 10.4. The zero-order valence-electron chi connectivity index (χ0n) is 22.6. The molecule has 1 heterocycles. The number of rotatable bonds is 7. The van der Waals surface area contributed by atoms with Crippen LogP contribution in [0.15, 0.2) is 40.7 Å². The molecule has 0 fully saturated rings. The number of ketones is 1. The third kappa shape index (κ3) is 5.16. The first-order valence-electron chi connectivity index (χ1n) is 12.5. The van der Waals surface area contributed by atoms with Crippen LogP contribution in [0.25, 0.3) is 0 Å². The Morgan fingerprint density at radius 3 is 2.25 bits per heavy atom. The quantitative estimate of drug-likeness (QED) is 0.188. The Labute approximate surface area is 227 Å². The Hall–Kier alpha value is -3.89. The maximum Gasteiger partial charge on any atom is 0.336 e. The number of hydrogen-bond acceptors (Lipinski definition) is 6. The van der Waals surface area contributed by atoms with Gasteiger partial charge in [0.25, 0.3) is 0 Å². The van der Waals surface area contributed by atoms with E-state index in [1.54, 1.807) is 19.9 Å². The minimum Gasteiger partial charge on any atom is -0.496 e. The van der Waals surface area contributed by atoms with Crippen molar-refractivity contribution in [2.24, 2.45) is 5.41 Å². The van der Waals surface area contributed by atoms with Gasteiger partial charge in [0.1, 0.15) is 12.4 Å². The Bertz CT molecular complexity index is 1430. The lowest BCUT2D eigenvalue weighted by Gasteiger charge is -2.39. The van der Waals surface area contributed by atoms with Crippen molar-refractivity contribution in [3.8, 4) is 11.5 Å². The van der Waals surface area contributed by atoms with E-state index in [0.29, 0.717) is 29.0 Å². The van der Waals surface area contributed by atoms with Crippen molar-refractivity contribution < 1.29 is 45.8 Å². The summed E-state index contributed by atoms with van der Waals surface area (Å²) in [4.78, 5) is 26.5. The molecule has 0 saturated heterocycles. The van der Waals surface area contributed by atoms with Crippen molar-refractivity contribution in [1.29, 1.82) is 0 Å². The van der Waals surface area contributed by atoms with Crippen molar-refractivity contribution >= 4 is 11.8 Å². The summed E-state index contributed by atoms with van der Waals surface area (Å²) in [7, 11) is 1.32. The van der Waals surface area contributed by atoms with Gasteiger partial charge in [-0.3, -0.25) is 4.79 Å². The van der Waals surface area contributed by atoms with E-state index in [1.165, 1.54) is 19.2 Å². The monoisotopic (exact) mass is 565 g/mol. The van der Waals surface area contributed by atoms with E-state index in [9.17, 15) is 31.5 Å². The minimum atomic E-state index is -2.30. The van der Waals surface area contributed by atoms with Crippen molar-refractivity contribution in [2.45, 2.75) is 53.1 Å². The standard InChI is InChI=1S/C29H28F5NO5/c1-6-39-28(37)19-13(2)35-16-10-29(3,4)11-17(36)21(16)20(19)14-7-8-18(38-5)15(9-14)12-40-27-25(33)23(31)22(30)24(32)26(27)34/h7-9,20,35H,6,10-12H2,1-5H3. The van der Waals surface area contributed by atoms with E-state index in [0.717, 1.165) is 0 Å². The highest BCUT2D eigenvalue weighted by atomic mass is 19.2. The number of hydrogen-bond donors (Lipinski definition) is 1. The highest BCUT2D eigenvalue weighted by molar-refractivity contribution is 6.04. The molecule has 40 heavy (non-hydrogen) atoms. The summed E-state index contributed by atoms with van der Waals surface area (Å²) in [5.74, 6) is -13.7. The van der Waals surface area contributed by atoms with Crippen molar-refractivity contribution in [3.63, 3.8) is 0 Å². The molecule has 4 rings (SSSR count). The second-order valence-corrected chi connectivity index (χ2v) is 10.4. The maximum atomic E-state index is 14.2. The number of carbonyl (C=O) groups is 2.